The molecule has 102 heavy (non-hydrogen) atoms. The molecule has 0 unspecified atom stereocenters. The molecule has 0 spiro atoms. The molecule has 0 atom stereocenters. The average Bonchev–Trinajstić information content (AvgIpc) is 0.869. The van der Waals surface area contributed by atoms with Gasteiger partial charge in [-0.3, -0.25) is 4.74 Å². The van der Waals surface area contributed by atoms with Crippen molar-refractivity contribution in [3.63, 3.8) is 0 Å². The zero-order chi connectivity index (χ0) is 83.5. The van der Waals surface area contributed by atoms with Crippen molar-refractivity contribution in [2.24, 2.45) is 5.92 Å². The minimum Gasteiger partial charge on any atom is -0.458 e. The number of alkyl halides is 5. The maximum absolute atomic E-state index is 13.5. The van der Waals surface area contributed by atoms with Crippen molar-refractivity contribution in [2.45, 2.75) is 30.7 Å². The van der Waals surface area contributed by atoms with Crippen molar-refractivity contribution in [2.75, 3.05) is 76.7 Å². The summed E-state index contributed by atoms with van der Waals surface area (Å²) in [5.74, 6) is -34.5. The summed E-state index contributed by atoms with van der Waals surface area (Å²) < 4.78 is 609. The lowest BCUT2D eigenvalue weighted by Crippen LogP contribution is -2.46. The summed E-state index contributed by atoms with van der Waals surface area (Å²) in [4.78, 5) is 0. The van der Waals surface area contributed by atoms with E-state index in [-0.39, 0.29) is 19.3 Å². The Labute approximate surface area is 554 Å². The fourth-order valence-corrected chi connectivity index (χ4v) is 11.0. The molecule has 0 aliphatic carbocycles. The van der Waals surface area contributed by atoms with Gasteiger partial charge in [0.25, 0.3) is 36.0 Å². The molecule has 0 N–H and O–H groups in total. The standard InChI is InChI=1S/C6H4F8O5S2.C5H4F6O5S2.C5H6F4O4S2.C4H4F4O4S2.2C4H5F3O2S.C4H4F2O2.CH2F2O2S/c7-3(4(8)9)6(11,12)19-5(10,1-20(13,15)16)2-21(14,17)18;6-3(7)4(8)16-5(9,1-17(10,12)13)2-18(11,14)15;6-5(7)1-4(2-14(8,10)11)3-15(9,12)13;5-4(6)3(1-13(7,9)10)2-14(8,11)12;2*5-4(6)2-1-3-10(7,8)9;5-3(6)4-7-1-2-8-4;2-1-6(3,4)5/h1-2H2;1-2H2;1,4H,2-3H2;1-2H2;2*2H,1,3H2;1-2H2;1H2. The molecule has 1 aliphatic rings. The molecule has 0 aromatic carbocycles. The van der Waals surface area contributed by atoms with Crippen LogP contribution < -0.4 is 0 Å². The van der Waals surface area contributed by atoms with Gasteiger partial charge in [0.1, 0.15) is 36.2 Å². The van der Waals surface area contributed by atoms with Crippen LogP contribution in [-0.4, -0.2) is 187 Å². The lowest BCUT2D eigenvalue weighted by molar-refractivity contribution is -0.305. The second-order valence-corrected chi connectivity index (χ2v) is 31.4. The van der Waals surface area contributed by atoms with Crippen LogP contribution in [-0.2, 0) is 131 Å². The molecular weight excluding hydrogens is 1770 g/mol. The summed E-state index contributed by atoms with van der Waals surface area (Å²) >= 11 is 0. The van der Waals surface area contributed by atoms with Crippen molar-refractivity contribution in [3.05, 3.63) is 84.2 Å². The highest BCUT2D eigenvalue weighted by molar-refractivity contribution is 7.89. The number of hydrogen-bond donors (Lipinski definition) is 0. The van der Waals surface area contributed by atoms with E-state index in [2.05, 4.69) is 18.9 Å². The molecule has 1 rings (SSSR count). The summed E-state index contributed by atoms with van der Waals surface area (Å²) in [6.07, 6.45) is -24.2. The summed E-state index contributed by atoms with van der Waals surface area (Å²) in [5, 5.41) is 0. The maximum Gasteiger partial charge on any atom is 0.417 e. The van der Waals surface area contributed by atoms with Gasteiger partial charge >= 0.3 is 149 Å². The molecule has 612 valence electrons. The van der Waals surface area contributed by atoms with E-state index in [4.69, 9.17) is 8.42 Å². The van der Waals surface area contributed by atoms with E-state index < -0.39 is 278 Å². The van der Waals surface area contributed by atoms with Crippen LogP contribution in [0.5, 0.6) is 0 Å². The highest BCUT2D eigenvalue weighted by atomic mass is 32.3. The minimum absolute atomic E-state index is 0.117. The monoisotopic (exact) mass is 1810 g/mol. The van der Waals surface area contributed by atoms with Crippen LogP contribution in [0.2, 0.25) is 0 Å². The molecule has 0 bridgehead atoms. The van der Waals surface area contributed by atoms with Crippen LogP contribution in [0.1, 0.15) is 12.8 Å². The van der Waals surface area contributed by atoms with Crippen LogP contribution in [0.4, 0.5) is 135 Å². The Morgan fingerprint density at radius 3 is 0.873 bits per heavy atom. The predicted molar refractivity (Wildman–Crippen MR) is 274 cm³/mol. The third-order valence-electron chi connectivity index (χ3n) is 7.01. The maximum atomic E-state index is 13.5. The van der Waals surface area contributed by atoms with E-state index in [9.17, 15) is 219 Å². The molecule has 0 aromatic heterocycles. The molecule has 0 saturated carbocycles. The Hall–Kier alpha value is -5.25. The van der Waals surface area contributed by atoms with Crippen LogP contribution in [0.15, 0.2) is 84.2 Å². The first-order valence-corrected chi connectivity index (χ1v) is 39.2. The third kappa shape index (κ3) is 83.7. The van der Waals surface area contributed by atoms with Crippen molar-refractivity contribution < 1.29 is 246 Å². The van der Waals surface area contributed by atoms with Gasteiger partial charge in [-0.15, -0.1) is 42.7 Å². The average molecular weight is 1810 g/mol. The Morgan fingerprint density at radius 1 is 0.392 bits per heavy atom. The molecule has 0 aromatic rings. The molecule has 1 saturated heterocycles. The Bertz CT molecular complexity index is 4040. The lowest BCUT2D eigenvalue weighted by atomic mass is 10.2. The van der Waals surface area contributed by atoms with Crippen molar-refractivity contribution in [3.8, 4) is 0 Å². The Kier molecular flexibility index (Phi) is 49.6. The molecule has 69 heteroatoms. The molecule has 1 heterocycles. The minimum atomic E-state index is -6.06. The number of rotatable bonds is 29. The van der Waals surface area contributed by atoms with Gasteiger partial charge in [-0.1, -0.05) is 0 Å². The van der Waals surface area contributed by atoms with Crippen LogP contribution in [0.3, 0.4) is 0 Å². The SMILES string of the molecule is FC(F)=C1OCCO1.O=S(=O)(F)CC(C=C(F)F)CS(=O)(=O)F.O=S(=O)(F)CC(CS(=O)(=O)F)=C(F)F.O=S(=O)(F)CC(F)(CS(=O)(=O)F)OC(F)(F)C(F)=C(F)F.O=S(=O)(F)CC(F)(CS(=O)(=O)F)OC(F)=C(F)F.O=S(=O)(F)CCC=C(F)F.O=S(=O)(F)CCC=C(F)F.O=S(=O)(F)CF. The van der Waals surface area contributed by atoms with Gasteiger partial charge in [0, 0.05) is 11.5 Å². The van der Waals surface area contributed by atoms with Crippen LogP contribution in [0.25, 0.3) is 0 Å². The summed E-state index contributed by atoms with van der Waals surface area (Å²) in [7, 11) is -58.7. The number of allylic oxidation sites excluding steroid dienone is 3. The van der Waals surface area contributed by atoms with Gasteiger partial charge in [0.05, 0.1) is 23.0 Å². The van der Waals surface area contributed by atoms with Gasteiger partial charge < -0.3 is 14.2 Å². The van der Waals surface area contributed by atoms with E-state index in [0.717, 1.165) is 0 Å². The van der Waals surface area contributed by atoms with Gasteiger partial charge in [0.2, 0.25) is 11.9 Å². The largest absolute Gasteiger partial charge is 0.458 e. The second kappa shape index (κ2) is 46.0. The topological polar surface area (TPSA) is 412 Å². The van der Waals surface area contributed by atoms with E-state index in [1.807, 2.05) is 0 Å². The predicted octanol–water partition coefficient (Wildman–Crippen LogP) is 9.18. The normalized spacial score (nSPS) is 13.1. The molecule has 26 nitrogen and oxygen atoms in total. The number of ether oxygens (including phenoxy) is 4. The first-order chi connectivity index (χ1) is 44.4. The summed E-state index contributed by atoms with van der Waals surface area (Å²) in [5.41, 5.74) is -1.62. The van der Waals surface area contributed by atoms with Crippen LogP contribution in [0, 0.1) is 5.92 Å². The van der Waals surface area contributed by atoms with E-state index in [0.29, 0.717) is 12.2 Å². The summed E-state index contributed by atoms with van der Waals surface area (Å²) in [6, 6.07) is -4.92. The van der Waals surface area contributed by atoms with E-state index in [1.165, 1.54) is 0 Å². The second-order valence-electron chi connectivity index (χ2n) is 16.1. The number of halogens is 32. The fraction of sp³-hybridized carbons (Fsp3) is 0.576. The van der Waals surface area contributed by atoms with Gasteiger partial charge in [-0.2, -0.15) is 176 Å². The molecular formula is C33H34F32O26S11. The zero-order valence-electron chi connectivity index (χ0n) is 47.1. The molecule has 0 radical (unpaired) electrons. The smallest absolute Gasteiger partial charge is 0.417 e. The summed E-state index contributed by atoms with van der Waals surface area (Å²) in [6.45, 7) is 0.458. The van der Waals surface area contributed by atoms with Crippen LogP contribution >= 0.6 is 0 Å². The molecule has 0 amide bonds. The van der Waals surface area contributed by atoms with Crippen molar-refractivity contribution in [1.82, 2.24) is 0 Å². The number of hydrogen-bond acceptors (Lipinski definition) is 26. The van der Waals surface area contributed by atoms with Crippen molar-refractivity contribution >= 4 is 112 Å². The molecule has 1 fully saturated rings. The first kappa shape index (κ1) is 110. The van der Waals surface area contributed by atoms with Gasteiger partial charge in [-0.25, -0.2) is 8.78 Å². The highest BCUT2D eigenvalue weighted by Gasteiger charge is 2.53. The van der Waals surface area contributed by atoms with E-state index in [1.54, 1.807) is 0 Å². The zero-order valence-corrected chi connectivity index (χ0v) is 56.1. The lowest BCUT2D eigenvalue weighted by Gasteiger charge is -2.26. The Balaban J connectivity index is -0.000000207. The van der Waals surface area contributed by atoms with Crippen molar-refractivity contribution in [1.29, 1.82) is 0 Å². The van der Waals surface area contributed by atoms with E-state index >= 15 is 0 Å². The third-order valence-corrected chi connectivity index (χ3v) is 14.9. The quantitative estimate of drug-likeness (QED) is 0.0382. The first-order valence-electron chi connectivity index (χ1n) is 22.1. The Morgan fingerprint density at radius 2 is 0.686 bits per heavy atom. The molecule has 1 aliphatic heterocycles. The fourth-order valence-electron chi connectivity index (χ4n) is 4.25. The highest BCUT2D eigenvalue weighted by Crippen LogP contribution is 2.37. The van der Waals surface area contributed by atoms with Gasteiger partial charge in [-0.05, 0) is 31.1 Å². The van der Waals surface area contributed by atoms with Gasteiger partial charge in [0.15, 0.2) is 11.5 Å².